The average molecular weight is 437 g/mol. The lowest BCUT2D eigenvalue weighted by Crippen LogP contribution is -2.27. The highest BCUT2D eigenvalue weighted by Gasteiger charge is 2.17. The van der Waals surface area contributed by atoms with Gasteiger partial charge < -0.3 is 24.8 Å². The van der Waals surface area contributed by atoms with Gasteiger partial charge in [-0.25, -0.2) is 0 Å². The lowest BCUT2D eigenvalue weighted by Gasteiger charge is -2.21. The number of carbonyl (C=O) groups is 1. The third-order valence-corrected chi connectivity index (χ3v) is 5.37. The summed E-state index contributed by atoms with van der Waals surface area (Å²) in [6.07, 6.45) is 5.41. The Morgan fingerprint density at radius 3 is 1.86 bits per heavy atom. The molecule has 1 amide bonds. The fraction of sp³-hybridized carbons (Fsp3) is 0.955. The van der Waals surface area contributed by atoms with E-state index in [0.29, 0.717) is 52.0 Å². The van der Waals surface area contributed by atoms with Gasteiger partial charge >= 0.3 is 0 Å². The smallest absolute Gasteiger partial charge is 0.220 e. The third kappa shape index (κ3) is 25.6. The Morgan fingerprint density at radius 2 is 1.38 bits per heavy atom. The highest BCUT2D eigenvalue weighted by atomic mass is 32.2. The van der Waals surface area contributed by atoms with Crippen LogP contribution in [0.25, 0.3) is 0 Å². The monoisotopic (exact) mass is 436 g/mol. The van der Waals surface area contributed by atoms with E-state index >= 15 is 0 Å². The molecule has 29 heavy (non-hydrogen) atoms. The van der Waals surface area contributed by atoms with E-state index in [4.69, 9.17) is 14.2 Å². The van der Waals surface area contributed by atoms with Crippen LogP contribution in [-0.4, -0.2) is 75.7 Å². The first kappa shape index (κ1) is 30.9. The Labute approximate surface area is 184 Å². The van der Waals surface area contributed by atoms with Crippen molar-refractivity contribution in [1.29, 1.82) is 0 Å². The van der Waals surface area contributed by atoms with E-state index in [1.54, 1.807) is 11.8 Å². The molecule has 0 heterocycles. The van der Waals surface area contributed by atoms with E-state index in [1.165, 1.54) is 0 Å². The number of hydrogen-bond acceptors (Lipinski definition) is 6. The average Bonchev–Trinajstić information content (AvgIpc) is 2.70. The first-order valence-corrected chi connectivity index (χ1v) is 12.4. The highest BCUT2D eigenvalue weighted by Crippen LogP contribution is 2.26. The lowest BCUT2D eigenvalue weighted by atomic mass is 10.1. The third-order valence-electron chi connectivity index (χ3n) is 4.06. The SMILES string of the molecule is CC.CSC(C)(C)CCC(=O)NCCCOCCOCCOCCCNC(C)C. The zero-order chi connectivity index (χ0) is 22.4. The van der Waals surface area contributed by atoms with Gasteiger partial charge in [-0.2, -0.15) is 11.8 Å². The molecule has 0 aromatic carbocycles. The molecule has 0 spiro atoms. The Bertz CT molecular complexity index is 356. The molecule has 0 saturated heterocycles. The first-order valence-electron chi connectivity index (χ1n) is 11.2. The summed E-state index contributed by atoms with van der Waals surface area (Å²) in [5, 5.41) is 6.30. The molecule has 0 rings (SSSR count). The van der Waals surface area contributed by atoms with Crippen LogP contribution >= 0.6 is 11.8 Å². The van der Waals surface area contributed by atoms with Crippen molar-refractivity contribution < 1.29 is 19.0 Å². The van der Waals surface area contributed by atoms with Crippen molar-refractivity contribution in [1.82, 2.24) is 10.6 Å². The normalized spacial score (nSPS) is 11.3. The van der Waals surface area contributed by atoms with Gasteiger partial charge in [0.2, 0.25) is 5.91 Å². The number of hydrogen-bond donors (Lipinski definition) is 2. The molecule has 0 aliphatic rings. The predicted molar refractivity (Wildman–Crippen MR) is 126 cm³/mol. The molecule has 0 radical (unpaired) electrons. The minimum atomic E-state index is 0.125. The Balaban J connectivity index is 0. The maximum Gasteiger partial charge on any atom is 0.220 e. The van der Waals surface area contributed by atoms with Gasteiger partial charge in [-0.05, 0) is 32.1 Å². The zero-order valence-electron chi connectivity index (χ0n) is 20.1. The van der Waals surface area contributed by atoms with Gasteiger partial charge in [0, 0.05) is 37.0 Å². The van der Waals surface area contributed by atoms with Crippen LogP contribution in [0.2, 0.25) is 0 Å². The van der Waals surface area contributed by atoms with Gasteiger partial charge in [-0.15, -0.1) is 0 Å². The van der Waals surface area contributed by atoms with Crippen LogP contribution in [0, 0.1) is 0 Å². The lowest BCUT2D eigenvalue weighted by molar-refractivity contribution is -0.121. The van der Waals surface area contributed by atoms with Crippen molar-refractivity contribution >= 4 is 17.7 Å². The second-order valence-corrected chi connectivity index (χ2v) is 8.98. The van der Waals surface area contributed by atoms with Gasteiger partial charge in [-0.3, -0.25) is 4.79 Å². The second kappa shape index (κ2) is 22.3. The number of nitrogens with one attached hydrogen (secondary N) is 2. The van der Waals surface area contributed by atoms with E-state index in [1.807, 2.05) is 13.8 Å². The van der Waals surface area contributed by atoms with Crippen LogP contribution in [0.5, 0.6) is 0 Å². The van der Waals surface area contributed by atoms with Crippen LogP contribution in [0.3, 0.4) is 0 Å². The number of rotatable bonds is 19. The van der Waals surface area contributed by atoms with Crippen LogP contribution < -0.4 is 10.6 Å². The molecule has 0 unspecified atom stereocenters. The fourth-order valence-electron chi connectivity index (χ4n) is 2.11. The Kier molecular flexibility index (Phi) is 23.8. The largest absolute Gasteiger partial charge is 0.379 e. The Morgan fingerprint density at radius 1 is 0.897 bits per heavy atom. The number of ether oxygens (including phenoxy) is 3. The van der Waals surface area contributed by atoms with Crippen LogP contribution in [0.4, 0.5) is 0 Å². The molecule has 0 aromatic rings. The van der Waals surface area contributed by atoms with Crippen molar-refractivity contribution in [3.8, 4) is 0 Å². The predicted octanol–water partition coefficient (Wildman–Crippen LogP) is 3.88. The maximum absolute atomic E-state index is 11.8. The van der Waals surface area contributed by atoms with E-state index in [2.05, 4.69) is 44.6 Å². The highest BCUT2D eigenvalue weighted by molar-refractivity contribution is 7.99. The molecular formula is C22H48N2O4S. The molecule has 0 aromatic heterocycles. The van der Waals surface area contributed by atoms with Gasteiger partial charge in [-0.1, -0.05) is 41.5 Å². The summed E-state index contributed by atoms with van der Waals surface area (Å²) < 4.78 is 16.6. The number of carbonyl (C=O) groups excluding carboxylic acids is 1. The summed E-state index contributed by atoms with van der Waals surface area (Å²) >= 11 is 1.80. The summed E-state index contributed by atoms with van der Waals surface area (Å²) in [7, 11) is 0. The fourth-order valence-corrected chi connectivity index (χ4v) is 2.42. The van der Waals surface area contributed by atoms with Gasteiger partial charge in [0.15, 0.2) is 0 Å². The van der Waals surface area contributed by atoms with Crippen LogP contribution in [0.15, 0.2) is 0 Å². The summed E-state index contributed by atoms with van der Waals surface area (Å²) in [6.45, 7) is 18.0. The van der Waals surface area contributed by atoms with Crippen molar-refractivity contribution in [2.45, 2.75) is 78.0 Å². The van der Waals surface area contributed by atoms with Crippen molar-refractivity contribution in [3.05, 3.63) is 0 Å². The summed E-state index contributed by atoms with van der Waals surface area (Å²) in [4.78, 5) is 11.8. The Hall–Kier alpha value is -0.340. The zero-order valence-corrected chi connectivity index (χ0v) is 20.9. The molecule has 176 valence electrons. The minimum Gasteiger partial charge on any atom is -0.379 e. The number of thioether (sulfide) groups is 1. The first-order chi connectivity index (χ1) is 13.9. The summed E-state index contributed by atoms with van der Waals surface area (Å²) in [5.41, 5.74) is 0. The molecule has 0 aliphatic carbocycles. The molecular weight excluding hydrogens is 388 g/mol. The van der Waals surface area contributed by atoms with Crippen LogP contribution in [-0.2, 0) is 19.0 Å². The van der Waals surface area contributed by atoms with E-state index in [0.717, 1.165) is 32.4 Å². The molecule has 7 heteroatoms. The van der Waals surface area contributed by atoms with Crippen molar-refractivity contribution in [3.63, 3.8) is 0 Å². The topological polar surface area (TPSA) is 68.8 Å². The minimum absolute atomic E-state index is 0.125. The van der Waals surface area contributed by atoms with Gasteiger partial charge in [0.1, 0.15) is 0 Å². The second-order valence-electron chi connectivity index (χ2n) is 7.47. The molecule has 0 aliphatic heterocycles. The quantitative estimate of drug-likeness (QED) is 0.300. The maximum atomic E-state index is 11.8. The number of amides is 1. The van der Waals surface area contributed by atoms with Gasteiger partial charge in [0.25, 0.3) is 0 Å². The summed E-state index contributed by atoms with van der Waals surface area (Å²) in [6, 6.07) is 0.530. The molecule has 6 nitrogen and oxygen atoms in total. The van der Waals surface area contributed by atoms with Crippen molar-refractivity contribution in [2.24, 2.45) is 0 Å². The van der Waals surface area contributed by atoms with E-state index < -0.39 is 0 Å². The molecule has 0 atom stereocenters. The van der Waals surface area contributed by atoms with E-state index in [9.17, 15) is 4.79 Å². The molecule has 0 bridgehead atoms. The molecule has 2 N–H and O–H groups in total. The molecule has 0 fully saturated rings. The van der Waals surface area contributed by atoms with E-state index in [-0.39, 0.29) is 10.7 Å². The van der Waals surface area contributed by atoms with Crippen molar-refractivity contribution in [2.75, 3.05) is 59.0 Å². The van der Waals surface area contributed by atoms with Gasteiger partial charge in [0.05, 0.1) is 26.4 Å². The van der Waals surface area contributed by atoms with Crippen LogP contribution in [0.1, 0.15) is 67.2 Å². The standard InChI is InChI=1S/C20H42N2O4S.C2H6/c1-18(2)21-10-6-12-24-14-16-26-17-15-25-13-7-11-22-19(23)8-9-20(3,4)27-5;1-2/h18,21H,6-17H2,1-5H3,(H,22,23);1-2H3. The summed E-state index contributed by atoms with van der Waals surface area (Å²) in [5.74, 6) is 0.125. The molecule has 0 saturated carbocycles.